The summed E-state index contributed by atoms with van der Waals surface area (Å²) in [5, 5.41) is 0. The van der Waals surface area contributed by atoms with Gasteiger partial charge in [-0.3, -0.25) is 4.89 Å². The average Bonchev–Trinajstić information content (AvgIpc) is 2.67. The van der Waals surface area contributed by atoms with Crippen LogP contribution in [0.5, 0.6) is 0 Å². The molecule has 0 spiro atoms. The van der Waals surface area contributed by atoms with Crippen LogP contribution in [0.2, 0.25) is 0 Å². The van der Waals surface area contributed by atoms with E-state index in [4.69, 9.17) is 9.78 Å². The highest BCUT2D eigenvalue weighted by atomic mass is 17.2. The van der Waals surface area contributed by atoms with E-state index < -0.39 is 11.4 Å². The predicted molar refractivity (Wildman–Crippen MR) is 93.3 cm³/mol. The van der Waals surface area contributed by atoms with E-state index in [1.807, 2.05) is 54.6 Å². The van der Waals surface area contributed by atoms with Crippen LogP contribution in [0.25, 0.3) is 0 Å². The van der Waals surface area contributed by atoms with Gasteiger partial charge in [0.25, 0.3) is 0 Å². The third kappa shape index (κ3) is 1.61. The van der Waals surface area contributed by atoms with Gasteiger partial charge in [0.1, 0.15) is 5.41 Å². The van der Waals surface area contributed by atoms with Crippen molar-refractivity contribution in [2.75, 3.05) is 7.11 Å². The van der Waals surface area contributed by atoms with Gasteiger partial charge in [-0.2, -0.15) is 4.89 Å². The van der Waals surface area contributed by atoms with Gasteiger partial charge in [0.15, 0.2) is 0 Å². The van der Waals surface area contributed by atoms with Crippen molar-refractivity contribution in [3.63, 3.8) is 0 Å². The van der Waals surface area contributed by atoms with Crippen LogP contribution in [0, 0.1) is 0 Å². The van der Waals surface area contributed by atoms with Crippen LogP contribution >= 0.6 is 0 Å². The molecule has 3 aromatic carbocycles. The molecule has 122 valence electrons. The maximum Gasteiger partial charge on any atom is 0.361 e. The zero-order chi connectivity index (χ0) is 17.0. The average molecular weight is 328 g/mol. The van der Waals surface area contributed by atoms with Crippen molar-refractivity contribution in [1.29, 1.82) is 0 Å². The van der Waals surface area contributed by atoms with E-state index in [2.05, 4.69) is 18.2 Å². The quantitative estimate of drug-likeness (QED) is 0.528. The Bertz CT molecular complexity index is 890. The Labute approximate surface area is 145 Å². The van der Waals surface area contributed by atoms with Crippen LogP contribution < -0.4 is 0 Å². The lowest BCUT2D eigenvalue weighted by Gasteiger charge is -2.48. The molecule has 2 bridgehead atoms. The van der Waals surface area contributed by atoms with Crippen LogP contribution in [0.1, 0.15) is 39.3 Å². The maximum atomic E-state index is 13.3. The molecule has 3 aromatic rings. The van der Waals surface area contributed by atoms with Gasteiger partial charge in [-0.15, -0.1) is 0 Å². The Morgan fingerprint density at radius 1 is 0.760 bits per heavy atom. The molecule has 0 saturated heterocycles. The molecule has 0 atom stereocenters. The topological polar surface area (TPSA) is 35.5 Å². The number of hydrogen-bond donors (Lipinski definition) is 0. The van der Waals surface area contributed by atoms with Crippen LogP contribution in [-0.2, 0) is 20.0 Å². The van der Waals surface area contributed by atoms with E-state index >= 15 is 0 Å². The first-order valence-corrected chi connectivity index (χ1v) is 8.33. The van der Waals surface area contributed by atoms with Gasteiger partial charge in [0, 0.05) is 5.92 Å². The van der Waals surface area contributed by atoms with Crippen LogP contribution in [0.15, 0.2) is 72.8 Å². The second kappa shape index (κ2) is 5.04. The van der Waals surface area contributed by atoms with Crippen molar-refractivity contribution >= 4 is 5.97 Å². The van der Waals surface area contributed by atoms with E-state index in [9.17, 15) is 4.79 Å². The number of carbonyl (C=O) groups excluding carboxylic acids is 1. The van der Waals surface area contributed by atoms with Crippen molar-refractivity contribution in [2.24, 2.45) is 0 Å². The summed E-state index contributed by atoms with van der Waals surface area (Å²) < 4.78 is 0. The van der Waals surface area contributed by atoms with E-state index in [1.54, 1.807) is 0 Å². The Kier molecular flexibility index (Phi) is 2.91. The Hall–Kier alpha value is -2.91. The SMILES string of the molecule is COOC(=O)C12c3ccccc3C(c3ccccc31)c1ccccc12. The van der Waals surface area contributed by atoms with Gasteiger partial charge >= 0.3 is 5.97 Å². The third-order valence-corrected chi connectivity index (χ3v) is 5.49. The van der Waals surface area contributed by atoms with E-state index in [0.29, 0.717) is 0 Å². The minimum Gasteiger partial charge on any atom is -0.297 e. The van der Waals surface area contributed by atoms with Gasteiger partial charge in [-0.25, -0.2) is 4.79 Å². The van der Waals surface area contributed by atoms with Gasteiger partial charge in [0.05, 0.1) is 7.11 Å². The Morgan fingerprint density at radius 2 is 1.16 bits per heavy atom. The van der Waals surface area contributed by atoms with Gasteiger partial charge in [-0.1, -0.05) is 72.8 Å². The highest BCUT2D eigenvalue weighted by Gasteiger charge is 2.57. The molecule has 0 aromatic heterocycles. The molecule has 0 heterocycles. The van der Waals surface area contributed by atoms with E-state index in [1.165, 1.54) is 7.11 Å². The molecular formula is C22H16O3. The fourth-order valence-electron chi connectivity index (χ4n) is 4.68. The largest absolute Gasteiger partial charge is 0.361 e. The smallest absolute Gasteiger partial charge is 0.297 e. The van der Waals surface area contributed by atoms with E-state index in [-0.39, 0.29) is 5.92 Å². The molecule has 3 aliphatic carbocycles. The lowest BCUT2D eigenvalue weighted by molar-refractivity contribution is -0.258. The van der Waals surface area contributed by atoms with Crippen LogP contribution in [0.3, 0.4) is 0 Å². The molecule has 3 aliphatic rings. The standard InChI is InChI=1S/C22H16O3/c1-24-25-21(23)22-17-11-5-2-8-14(17)20(15-9-3-6-12-18(15)22)16-10-4-7-13-19(16)22/h2-13,20H,1H3. The summed E-state index contributed by atoms with van der Waals surface area (Å²) in [6.45, 7) is 0. The molecule has 0 radical (unpaired) electrons. The van der Waals surface area contributed by atoms with Crippen molar-refractivity contribution in [3.05, 3.63) is 106 Å². The third-order valence-electron chi connectivity index (χ3n) is 5.49. The van der Waals surface area contributed by atoms with Crippen molar-refractivity contribution in [3.8, 4) is 0 Å². The van der Waals surface area contributed by atoms with Gasteiger partial charge in [0.2, 0.25) is 0 Å². The van der Waals surface area contributed by atoms with E-state index in [0.717, 1.165) is 33.4 Å². The zero-order valence-corrected chi connectivity index (χ0v) is 13.7. The van der Waals surface area contributed by atoms with Crippen LogP contribution in [0.4, 0.5) is 0 Å². The molecule has 0 N–H and O–H groups in total. The van der Waals surface area contributed by atoms with Crippen molar-refractivity contribution in [2.45, 2.75) is 11.3 Å². The number of carbonyl (C=O) groups is 1. The molecule has 25 heavy (non-hydrogen) atoms. The van der Waals surface area contributed by atoms with Gasteiger partial charge in [-0.05, 0) is 33.4 Å². The monoisotopic (exact) mass is 328 g/mol. The van der Waals surface area contributed by atoms with Crippen LogP contribution in [-0.4, -0.2) is 13.1 Å². The van der Waals surface area contributed by atoms with Crippen molar-refractivity contribution in [1.82, 2.24) is 0 Å². The summed E-state index contributed by atoms with van der Waals surface area (Å²) in [7, 11) is 1.37. The molecule has 3 heteroatoms. The summed E-state index contributed by atoms with van der Waals surface area (Å²) in [4.78, 5) is 23.2. The second-order valence-corrected chi connectivity index (χ2v) is 6.48. The molecule has 0 fully saturated rings. The summed E-state index contributed by atoms with van der Waals surface area (Å²) >= 11 is 0. The number of hydrogen-bond acceptors (Lipinski definition) is 3. The summed E-state index contributed by atoms with van der Waals surface area (Å²) in [5.41, 5.74) is 5.45. The lowest BCUT2D eigenvalue weighted by Crippen LogP contribution is -2.48. The summed E-state index contributed by atoms with van der Waals surface area (Å²) in [6.07, 6.45) is 0. The molecule has 3 nitrogen and oxygen atoms in total. The Balaban J connectivity index is 1.97. The fourth-order valence-corrected chi connectivity index (χ4v) is 4.68. The summed E-state index contributed by atoms with van der Waals surface area (Å²) in [5.74, 6) is -0.263. The molecule has 6 rings (SSSR count). The molecule has 0 aliphatic heterocycles. The molecule has 0 amide bonds. The highest BCUT2D eigenvalue weighted by molar-refractivity contribution is 5.97. The highest BCUT2D eigenvalue weighted by Crippen LogP contribution is 2.59. The number of rotatable bonds is 2. The lowest BCUT2D eigenvalue weighted by atomic mass is 9.53. The molecule has 0 saturated carbocycles. The molecular weight excluding hydrogens is 312 g/mol. The fraction of sp³-hybridized carbons (Fsp3) is 0.136. The first-order valence-electron chi connectivity index (χ1n) is 8.33. The summed E-state index contributed by atoms with van der Waals surface area (Å²) in [6, 6.07) is 24.5. The minimum absolute atomic E-state index is 0.140. The minimum atomic E-state index is -0.992. The molecule has 0 unspecified atom stereocenters. The first kappa shape index (κ1) is 14.4. The number of benzene rings is 3. The normalized spacial score (nSPS) is 21.9. The van der Waals surface area contributed by atoms with Crippen molar-refractivity contribution < 1.29 is 14.6 Å². The second-order valence-electron chi connectivity index (χ2n) is 6.48. The zero-order valence-electron chi connectivity index (χ0n) is 13.7. The maximum absolute atomic E-state index is 13.3. The predicted octanol–water partition coefficient (Wildman–Crippen LogP) is 3.93. The van der Waals surface area contributed by atoms with Gasteiger partial charge < -0.3 is 0 Å². The Morgan fingerprint density at radius 3 is 1.56 bits per heavy atom. The first-order chi connectivity index (χ1) is 12.3.